The van der Waals surface area contributed by atoms with Gasteiger partial charge in [-0.25, -0.2) is 4.39 Å². The highest BCUT2D eigenvalue weighted by atomic mass is 19.1. The van der Waals surface area contributed by atoms with Crippen molar-refractivity contribution in [3.8, 4) is 17.2 Å². The lowest BCUT2D eigenvalue weighted by atomic mass is 9.86. The van der Waals surface area contributed by atoms with Crippen molar-refractivity contribution in [2.24, 2.45) is 5.92 Å². The first-order chi connectivity index (χ1) is 13.5. The van der Waals surface area contributed by atoms with Crippen LogP contribution >= 0.6 is 0 Å². The Bertz CT molecular complexity index is 885. The zero-order valence-corrected chi connectivity index (χ0v) is 15.9. The largest absolute Gasteiger partial charge is 0.508 e. The molecule has 0 spiro atoms. The van der Waals surface area contributed by atoms with Gasteiger partial charge in [0.05, 0.1) is 0 Å². The fourth-order valence-corrected chi connectivity index (χ4v) is 4.07. The molecule has 5 nitrogen and oxygen atoms in total. The molecule has 2 aliphatic rings. The van der Waals surface area contributed by atoms with Crippen LogP contribution in [0.1, 0.15) is 43.2 Å². The molecule has 2 aliphatic heterocycles. The number of nitrogens with zero attached hydrogens (tertiary/aromatic N) is 1. The molecule has 2 aromatic rings. The maximum Gasteiger partial charge on any atom is 0.231 e. The number of halogens is 1. The summed E-state index contributed by atoms with van der Waals surface area (Å²) in [6, 6.07) is 9.45. The lowest BCUT2D eigenvalue weighted by Gasteiger charge is -2.32. The highest BCUT2D eigenvalue weighted by Crippen LogP contribution is 2.40. The number of likely N-dealkylation sites (tertiary alicyclic amines) is 1. The van der Waals surface area contributed by atoms with Crippen LogP contribution in [0.15, 0.2) is 36.4 Å². The first-order valence-electron chi connectivity index (χ1n) is 9.67. The lowest BCUT2D eigenvalue weighted by molar-refractivity contribution is -0.133. The van der Waals surface area contributed by atoms with Gasteiger partial charge in [0.1, 0.15) is 11.6 Å². The summed E-state index contributed by atoms with van der Waals surface area (Å²) in [7, 11) is 0. The molecule has 0 bridgehead atoms. The van der Waals surface area contributed by atoms with E-state index in [1.165, 1.54) is 6.07 Å². The van der Waals surface area contributed by atoms with E-state index in [9.17, 15) is 14.3 Å². The van der Waals surface area contributed by atoms with E-state index in [1.54, 1.807) is 12.1 Å². The van der Waals surface area contributed by atoms with Gasteiger partial charge < -0.3 is 19.5 Å². The minimum absolute atomic E-state index is 0.0398. The predicted octanol–water partition coefficient (Wildman–Crippen LogP) is 4.04. The maximum atomic E-state index is 13.5. The van der Waals surface area contributed by atoms with Crippen molar-refractivity contribution in [3.05, 3.63) is 53.3 Å². The minimum Gasteiger partial charge on any atom is -0.508 e. The molecule has 0 radical (unpaired) electrons. The first kappa shape index (κ1) is 18.6. The third-order valence-corrected chi connectivity index (χ3v) is 5.56. The minimum atomic E-state index is -0.512. The van der Waals surface area contributed by atoms with E-state index in [2.05, 4.69) is 6.92 Å². The Hall–Kier alpha value is -2.76. The summed E-state index contributed by atoms with van der Waals surface area (Å²) in [4.78, 5) is 14.9. The van der Waals surface area contributed by atoms with Crippen molar-refractivity contribution in [2.45, 2.75) is 32.1 Å². The molecule has 1 fully saturated rings. The third-order valence-electron chi connectivity index (χ3n) is 5.56. The first-order valence-corrected chi connectivity index (χ1v) is 9.67. The topological polar surface area (TPSA) is 59.0 Å². The summed E-state index contributed by atoms with van der Waals surface area (Å²) in [6.07, 6.45) is 2.34. The number of fused-ring (bicyclic) bond motifs is 1. The van der Waals surface area contributed by atoms with Crippen molar-refractivity contribution >= 4 is 5.91 Å². The van der Waals surface area contributed by atoms with E-state index >= 15 is 0 Å². The summed E-state index contributed by atoms with van der Waals surface area (Å²) in [6.45, 7) is 3.82. The molecular weight excluding hydrogens is 361 g/mol. The van der Waals surface area contributed by atoms with E-state index in [-0.39, 0.29) is 24.9 Å². The van der Waals surface area contributed by atoms with Gasteiger partial charge in [-0.05, 0) is 42.5 Å². The van der Waals surface area contributed by atoms with Gasteiger partial charge in [0, 0.05) is 37.1 Å². The number of hydrogen-bond donors (Lipinski definition) is 1. The van der Waals surface area contributed by atoms with Crippen LogP contribution in [0.5, 0.6) is 17.2 Å². The average molecular weight is 385 g/mol. The van der Waals surface area contributed by atoms with Crippen molar-refractivity contribution in [1.29, 1.82) is 0 Å². The summed E-state index contributed by atoms with van der Waals surface area (Å²) >= 11 is 0. The van der Waals surface area contributed by atoms with Crippen molar-refractivity contribution in [1.82, 2.24) is 4.90 Å². The molecule has 2 unspecified atom stereocenters. The molecule has 148 valence electrons. The van der Waals surface area contributed by atoms with Gasteiger partial charge in [0.2, 0.25) is 12.7 Å². The van der Waals surface area contributed by atoms with Gasteiger partial charge in [-0.3, -0.25) is 4.79 Å². The second-order valence-corrected chi connectivity index (χ2v) is 7.66. The molecule has 6 heteroatoms. The Balaban J connectivity index is 1.66. The van der Waals surface area contributed by atoms with Crippen LogP contribution in [0.25, 0.3) is 0 Å². The number of phenols is 1. The average Bonchev–Trinajstić information content (AvgIpc) is 3.14. The number of aromatic hydroxyl groups is 1. The van der Waals surface area contributed by atoms with Crippen LogP contribution in [0.3, 0.4) is 0 Å². The molecule has 28 heavy (non-hydrogen) atoms. The summed E-state index contributed by atoms with van der Waals surface area (Å²) in [5, 5.41) is 10.4. The summed E-state index contributed by atoms with van der Waals surface area (Å²) in [5.74, 6) is 0.730. The maximum absolute atomic E-state index is 13.5. The van der Waals surface area contributed by atoms with Crippen LogP contribution in [-0.2, 0) is 4.79 Å². The molecule has 2 aromatic carbocycles. The Morgan fingerprint density at radius 1 is 1.25 bits per heavy atom. The second-order valence-electron chi connectivity index (χ2n) is 7.66. The monoisotopic (exact) mass is 385 g/mol. The van der Waals surface area contributed by atoms with Gasteiger partial charge in [-0.15, -0.1) is 0 Å². The Labute approximate surface area is 163 Å². The zero-order chi connectivity index (χ0) is 19.7. The number of piperidine rings is 1. The number of carbonyl (C=O) groups is 1. The van der Waals surface area contributed by atoms with Crippen molar-refractivity contribution < 1.29 is 23.8 Å². The Morgan fingerprint density at radius 3 is 2.86 bits per heavy atom. The van der Waals surface area contributed by atoms with Crippen LogP contribution in [0.2, 0.25) is 0 Å². The van der Waals surface area contributed by atoms with E-state index in [0.717, 1.165) is 37.6 Å². The molecule has 1 N–H and O–H groups in total. The number of carbonyl (C=O) groups excluding carboxylic acids is 1. The highest BCUT2D eigenvalue weighted by molar-refractivity contribution is 5.78. The van der Waals surface area contributed by atoms with Gasteiger partial charge >= 0.3 is 0 Å². The Kier molecular flexibility index (Phi) is 5.11. The smallest absolute Gasteiger partial charge is 0.231 e. The van der Waals surface area contributed by atoms with Gasteiger partial charge in [-0.1, -0.05) is 19.1 Å². The Morgan fingerprint density at radius 2 is 2.07 bits per heavy atom. The predicted molar refractivity (Wildman–Crippen MR) is 102 cm³/mol. The fourth-order valence-electron chi connectivity index (χ4n) is 4.07. The second kappa shape index (κ2) is 7.70. The SMILES string of the molecule is CC1CCCN(C(=O)CC(c2ccc3c(c2)OCO3)c2ccc(F)cc2O)C1. The number of amides is 1. The van der Waals surface area contributed by atoms with Crippen molar-refractivity contribution in [3.63, 3.8) is 0 Å². The quantitative estimate of drug-likeness (QED) is 0.863. The normalized spacial score (nSPS) is 19.5. The van der Waals surface area contributed by atoms with Gasteiger partial charge in [0.25, 0.3) is 0 Å². The zero-order valence-electron chi connectivity index (χ0n) is 15.9. The van der Waals surface area contributed by atoms with E-state index in [4.69, 9.17) is 9.47 Å². The van der Waals surface area contributed by atoms with Crippen LogP contribution < -0.4 is 9.47 Å². The van der Waals surface area contributed by atoms with Crippen LogP contribution in [0, 0.1) is 11.7 Å². The number of hydrogen-bond acceptors (Lipinski definition) is 4. The van der Waals surface area contributed by atoms with E-state index in [1.807, 2.05) is 17.0 Å². The fraction of sp³-hybridized carbons (Fsp3) is 0.409. The molecule has 2 atom stereocenters. The lowest BCUT2D eigenvalue weighted by Crippen LogP contribution is -2.39. The number of ether oxygens (including phenoxy) is 2. The standard InChI is InChI=1S/C22H24FNO4/c1-14-3-2-8-24(12-14)22(26)11-18(17-6-5-16(23)10-19(17)25)15-4-7-20-21(9-15)28-13-27-20/h4-7,9-10,14,18,25H,2-3,8,11-13H2,1H3. The number of rotatable bonds is 4. The third kappa shape index (κ3) is 3.77. The molecule has 4 rings (SSSR count). The molecular formula is C22H24FNO4. The molecule has 1 saturated heterocycles. The molecule has 1 amide bonds. The van der Waals surface area contributed by atoms with Gasteiger partial charge in [0.15, 0.2) is 11.5 Å². The number of phenolic OH excluding ortho intramolecular Hbond substituents is 1. The number of benzene rings is 2. The van der Waals surface area contributed by atoms with Crippen molar-refractivity contribution in [2.75, 3.05) is 19.9 Å². The molecule has 0 aliphatic carbocycles. The van der Waals surface area contributed by atoms with Crippen LogP contribution in [0.4, 0.5) is 4.39 Å². The molecule has 0 aromatic heterocycles. The summed E-state index contributed by atoms with van der Waals surface area (Å²) < 4.78 is 24.4. The van der Waals surface area contributed by atoms with E-state index < -0.39 is 11.7 Å². The molecule has 0 saturated carbocycles. The van der Waals surface area contributed by atoms with E-state index in [0.29, 0.717) is 23.0 Å². The molecule has 2 heterocycles. The summed E-state index contributed by atoms with van der Waals surface area (Å²) in [5.41, 5.74) is 1.35. The van der Waals surface area contributed by atoms with Gasteiger partial charge in [-0.2, -0.15) is 0 Å². The van der Waals surface area contributed by atoms with Crippen LogP contribution in [-0.4, -0.2) is 35.8 Å². The highest BCUT2D eigenvalue weighted by Gasteiger charge is 2.28.